The van der Waals surface area contributed by atoms with Crippen LogP contribution in [0.1, 0.15) is 21.5 Å². The van der Waals surface area contributed by atoms with Gasteiger partial charge in [0.15, 0.2) is 0 Å². The Labute approximate surface area is 131 Å². The molecule has 0 bridgehead atoms. The Kier molecular flexibility index (Phi) is 4.35. The van der Waals surface area contributed by atoms with E-state index in [2.05, 4.69) is 21.2 Å². The van der Waals surface area contributed by atoms with Gasteiger partial charge in [0.05, 0.1) is 0 Å². The van der Waals surface area contributed by atoms with Gasteiger partial charge < -0.3 is 11.1 Å². The number of anilines is 2. The van der Waals surface area contributed by atoms with Gasteiger partial charge in [-0.25, -0.2) is 0 Å². The topological polar surface area (TPSA) is 55.1 Å². The summed E-state index contributed by atoms with van der Waals surface area (Å²) < 4.78 is 0.772. The first-order valence-corrected chi connectivity index (χ1v) is 7.18. The van der Waals surface area contributed by atoms with Crippen LogP contribution in [-0.4, -0.2) is 5.91 Å². The lowest BCUT2D eigenvalue weighted by Gasteiger charge is -2.12. The summed E-state index contributed by atoms with van der Waals surface area (Å²) in [6.45, 7) is 3.73. The molecule has 0 radical (unpaired) electrons. The molecule has 0 spiro atoms. The Morgan fingerprint density at radius 2 is 1.95 bits per heavy atom. The van der Waals surface area contributed by atoms with Crippen molar-refractivity contribution >= 4 is 44.8 Å². The first kappa shape index (κ1) is 14.9. The second kappa shape index (κ2) is 5.85. The Bertz CT molecular complexity index is 686. The lowest BCUT2D eigenvalue weighted by Crippen LogP contribution is -2.15. The Morgan fingerprint density at radius 1 is 1.25 bits per heavy atom. The third-order valence-electron chi connectivity index (χ3n) is 3.11. The molecule has 3 nitrogen and oxygen atoms in total. The number of halogens is 2. The molecule has 0 heterocycles. The number of hydrogen-bond acceptors (Lipinski definition) is 2. The maximum atomic E-state index is 12.4. The molecule has 0 aliphatic heterocycles. The first-order chi connectivity index (χ1) is 9.38. The SMILES string of the molecule is Cc1ccc(Cl)cc1NC(=O)c1cc(Br)cc(N)c1C. The molecule has 0 saturated heterocycles. The molecule has 5 heteroatoms. The summed E-state index contributed by atoms with van der Waals surface area (Å²) in [6.07, 6.45) is 0. The van der Waals surface area contributed by atoms with Crippen LogP contribution in [0.2, 0.25) is 5.02 Å². The van der Waals surface area contributed by atoms with E-state index in [1.54, 1.807) is 24.3 Å². The zero-order valence-electron chi connectivity index (χ0n) is 11.1. The van der Waals surface area contributed by atoms with Gasteiger partial charge in [0.25, 0.3) is 5.91 Å². The highest BCUT2D eigenvalue weighted by molar-refractivity contribution is 9.10. The second-order valence-electron chi connectivity index (χ2n) is 4.58. The van der Waals surface area contributed by atoms with Crippen molar-refractivity contribution in [3.8, 4) is 0 Å². The fraction of sp³-hybridized carbons (Fsp3) is 0.133. The van der Waals surface area contributed by atoms with Crippen molar-refractivity contribution in [1.82, 2.24) is 0 Å². The van der Waals surface area contributed by atoms with Crippen LogP contribution in [0.15, 0.2) is 34.8 Å². The molecule has 0 saturated carbocycles. The number of rotatable bonds is 2. The lowest BCUT2D eigenvalue weighted by molar-refractivity contribution is 0.102. The van der Waals surface area contributed by atoms with Crippen LogP contribution in [-0.2, 0) is 0 Å². The monoisotopic (exact) mass is 352 g/mol. The van der Waals surface area contributed by atoms with Crippen molar-refractivity contribution in [2.24, 2.45) is 0 Å². The molecular weight excluding hydrogens is 340 g/mol. The molecule has 3 N–H and O–H groups in total. The summed E-state index contributed by atoms with van der Waals surface area (Å²) in [5.41, 5.74) is 9.39. The molecule has 2 rings (SSSR count). The van der Waals surface area contributed by atoms with Gasteiger partial charge in [-0.1, -0.05) is 33.6 Å². The summed E-state index contributed by atoms with van der Waals surface area (Å²) >= 11 is 9.30. The van der Waals surface area contributed by atoms with E-state index in [4.69, 9.17) is 17.3 Å². The van der Waals surface area contributed by atoms with Crippen molar-refractivity contribution in [3.05, 3.63) is 56.5 Å². The summed E-state index contributed by atoms with van der Waals surface area (Å²) in [4.78, 5) is 12.4. The van der Waals surface area contributed by atoms with Gasteiger partial charge in [0.1, 0.15) is 0 Å². The number of nitrogens with two attached hydrogens (primary N) is 1. The van der Waals surface area contributed by atoms with Gasteiger partial charge in [-0.2, -0.15) is 0 Å². The standard InChI is InChI=1S/C15H14BrClN2O/c1-8-3-4-11(17)7-14(8)19-15(20)12-5-10(16)6-13(18)9(12)2/h3-7H,18H2,1-2H3,(H,19,20). The van der Waals surface area contributed by atoms with E-state index in [0.717, 1.165) is 15.6 Å². The molecule has 0 fully saturated rings. The van der Waals surface area contributed by atoms with Crippen molar-refractivity contribution < 1.29 is 4.79 Å². The van der Waals surface area contributed by atoms with Crippen molar-refractivity contribution in [3.63, 3.8) is 0 Å². The summed E-state index contributed by atoms with van der Waals surface area (Å²) in [5.74, 6) is -0.208. The highest BCUT2D eigenvalue weighted by Crippen LogP contribution is 2.25. The number of amides is 1. The number of aryl methyl sites for hydroxylation is 1. The fourth-order valence-corrected chi connectivity index (χ4v) is 2.50. The average molecular weight is 354 g/mol. The predicted molar refractivity (Wildman–Crippen MR) is 87.4 cm³/mol. The third kappa shape index (κ3) is 3.14. The first-order valence-electron chi connectivity index (χ1n) is 6.01. The van der Waals surface area contributed by atoms with Gasteiger partial charge in [-0.05, 0) is 49.2 Å². The molecule has 2 aromatic carbocycles. The lowest BCUT2D eigenvalue weighted by atomic mass is 10.1. The van der Waals surface area contributed by atoms with Gasteiger partial charge in [0.2, 0.25) is 0 Å². The van der Waals surface area contributed by atoms with E-state index in [1.807, 2.05) is 19.9 Å². The van der Waals surface area contributed by atoms with Crippen LogP contribution < -0.4 is 11.1 Å². The van der Waals surface area contributed by atoms with E-state index >= 15 is 0 Å². The number of nitrogens with one attached hydrogen (secondary N) is 1. The molecule has 0 aliphatic carbocycles. The summed E-state index contributed by atoms with van der Waals surface area (Å²) in [7, 11) is 0. The third-order valence-corrected chi connectivity index (χ3v) is 3.80. The van der Waals surface area contributed by atoms with E-state index in [0.29, 0.717) is 22.0 Å². The Balaban J connectivity index is 2.35. The zero-order chi connectivity index (χ0) is 14.9. The highest BCUT2D eigenvalue weighted by atomic mass is 79.9. The highest BCUT2D eigenvalue weighted by Gasteiger charge is 2.13. The molecule has 1 amide bonds. The van der Waals surface area contributed by atoms with E-state index in [9.17, 15) is 4.79 Å². The molecule has 2 aromatic rings. The number of hydrogen-bond donors (Lipinski definition) is 2. The minimum atomic E-state index is -0.208. The maximum absolute atomic E-state index is 12.4. The molecular formula is C15H14BrClN2O. The van der Waals surface area contributed by atoms with Crippen LogP contribution in [0.4, 0.5) is 11.4 Å². The van der Waals surface area contributed by atoms with Crippen LogP contribution in [0.3, 0.4) is 0 Å². The molecule has 0 aliphatic rings. The summed E-state index contributed by atoms with van der Waals surface area (Å²) in [5, 5.41) is 3.44. The van der Waals surface area contributed by atoms with Crippen LogP contribution in [0.25, 0.3) is 0 Å². The molecule has 0 atom stereocenters. The molecule has 20 heavy (non-hydrogen) atoms. The van der Waals surface area contributed by atoms with Crippen molar-refractivity contribution in [1.29, 1.82) is 0 Å². The van der Waals surface area contributed by atoms with E-state index in [-0.39, 0.29) is 5.91 Å². The normalized spacial score (nSPS) is 10.4. The number of carbonyl (C=O) groups is 1. The quantitative estimate of drug-likeness (QED) is 0.778. The summed E-state index contributed by atoms with van der Waals surface area (Å²) in [6, 6.07) is 8.90. The zero-order valence-corrected chi connectivity index (χ0v) is 13.5. The Morgan fingerprint density at radius 3 is 2.65 bits per heavy atom. The molecule has 0 aromatic heterocycles. The van der Waals surface area contributed by atoms with Crippen molar-refractivity contribution in [2.45, 2.75) is 13.8 Å². The number of carbonyl (C=O) groups excluding carboxylic acids is 1. The van der Waals surface area contributed by atoms with Gasteiger partial charge in [-0.15, -0.1) is 0 Å². The minimum Gasteiger partial charge on any atom is -0.398 e. The predicted octanol–water partition coefficient (Wildman–Crippen LogP) is 4.55. The Hall–Kier alpha value is -1.52. The fourth-order valence-electron chi connectivity index (χ4n) is 1.85. The van der Waals surface area contributed by atoms with Gasteiger partial charge >= 0.3 is 0 Å². The van der Waals surface area contributed by atoms with E-state index in [1.165, 1.54) is 0 Å². The van der Waals surface area contributed by atoms with E-state index < -0.39 is 0 Å². The second-order valence-corrected chi connectivity index (χ2v) is 5.93. The number of benzene rings is 2. The maximum Gasteiger partial charge on any atom is 0.256 e. The van der Waals surface area contributed by atoms with Gasteiger partial charge in [0, 0.05) is 26.4 Å². The van der Waals surface area contributed by atoms with Crippen molar-refractivity contribution in [2.75, 3.05) is 11.1 Å². The van der Waals surface area contributed by atoms with Gasteiger partial charge in [-0.3, -0.25) is 4.79 Å². The molecule has 0 unspecified atom stereocenters. The smallest absolute Gasteiger partial charge is 0.256 e. The van der Waals surface area contributed by atoms with Crippen LogP contribution in [0.5, 0.6) is 0 Å². The van der Waals surface area contributed by atoms with Crippen LogP contribution >= 0.6 is 27.5 Å². The molecule has 104 valence electrons. The number of nitrogen functional groups attached to an aromatic ring is 1. The average Bonchev–Trinajstić information content (AvgIpc) is 2.38. The minimum absolute atomic E-state index is 0.208. The van der Waals surface area contributed by atoms with Crippen LogP contribution in [0, 0.1) is 13.8 Å². The largest absolute Gasteiger partial charge is 0.398 e.